The largest absolute Gasteiger partial charge is 0.370 e. The lowest BCUT2D eigenvalue weighted by Crippen LogP contribution is -2.29. The molecule has 10 heteroatoms. The maximum atomic E-state index is 16.2. The minimum atomic E-state index is -2.68. The van der Waals surface area contributed by atoms with Crippen molar-refractivity contribution < 1.29 is 13.2 Å². The van der Waals surface area contributed by atoms with Gasteiger partial charge in [0.1, 0.15) is 16.9 Å². The van der Waals surface area contributed by atoms with Crippen molar-refractivity contribution in [3.05, 3.63) is 66.3 Å². The molecule has 0 bridgehead atoms. The average molecular weight is 548 g/mol. The van der Waals surface area contributed by atoms with Gasteiger partial charge in [0, 0.05) is 32.6 Å². The predicted molar refractivity (Wildman–Crippen MR) is 153 cm³/mol. The molecule has 0 unspecified atom stereocenters. The molecule has 3 aromatic heterocycles. The zero-order valence-corrected chi connectivity index (χ0v) is 22.5. The number of benzene rings is 1. The normalized spacial score (nSPS) is 18.8. The highest BCUT2D eigenvalue weighted by molar-refractivity contribution is 5.97. The van der Waals surface area contributed by atoms with Crippen molar-refractivity contribution in [1.29, 1.82) is 0 Å². The SMILES string of the molecule is C=C/C(=C\C(=C/C)c1ncc2[nH]nc(-c3nc4c(N5CCCCC5)cccc4[nH]3)c2c1F)CN1CCC(F)(F)C1. The maximum absolute atomic E-state index is 16.2. The van der Waals surface area contributed by atoms with E-state index < -0.39 is 11.7 Å². The van der Waals surface area contributed by atoms with Gasteiger partial charge in [-0.1, -0.05) is 24.8 Å². The van der Waals surface area contributed by atoms with Gasteiger partial charge in [0.05, 0.1) is 34.8 Å². The standard InChI is InChI=1S/C30H32F3N7/c1-3-19(17-39-14-11-30(32,33)18-39)15-20(4-2)26-25(31)24-22(16-34-26)37-38-28(24)29-35-21-9-8-10-23(27(21)36-29)40-12-6-5-7-13-40/h3-4,8-10,15-16H,1,5-7,11-14,17-18H2,2H3,(H,35,36)(H,37,38)/b19-15+,20-4+. The molecular formula is C30H32F3N7. The number of hydrogen-bond acceptors (Lipinski definition) is 5. The van der Waals surface area contributed by atoms with Gasteiger partial charge < -0.3 is 9.88 Å². The van der Waals surface area contributed by atoms with Crippen LogP contribution in [0, 0.1) is 5.82 Å². The lowest BCUT2D eigenvalue weighted by Gasteiger charge is -2.28. The molecule has 2 fully saturated rings. The summed E-state index contributed by atoms with van der Waals surface area (Å²) in [6.45, 7) is 7.92. The lowest BCUT2D eigenvalue weighted by molar-refractivity contribution is 0.0131. The van der Waals surface area contributed by atoms with Crippen LogP contribution in [0.5, 0.6) is 0 Å². The second kappa shape index (κ2) is 10.6. The lowest BCUT2D eigenvalue weighted by atomic mass is 10.0. The molecule has 1 aromatic carbocycles. The number of fused-ring (bicyclic) bond motifs is 2. The summed E-state index contributed by atoms with van der Waals surface area (Å²) < 4.78 is 43.6. The maximum Gasteiger partial charge on any atom is 0.261 e. The quantitative estimate of drug-likeness (QED) is 0.259. The zero-order chi connectivity index (χ0) is 27.9. The fourth-order valence-electron chi connectivity index (χ4n) is 5.72. The molecule has 0 atom stereocenters. The number of hydrogen-bond donors (Lipinski definition) is 2. The molecule has 2 aliphatic heterocycles. The molecule has 5 heterocycles. The molecule has 2 aliphatic rings. The molecule has 7 nitrogen and oxygen atoms in total. The highest BCUT2D eigenvalue weighted by Gasteiger charge is 2.38. The number of imidazole rings is 1. The Hall–Kier alpha value is -3.92. The number of halogens is 3. The Morgan fingerprint density at radius 3 is 2.70 bits per heavy atom. The first-order chi connectivity index (χ1) is 19.4. The molecule has 40 heavy (non-hydrogen) atoms. The minimum absolute atomic E-state index is 0.147. The predicted octanol–water partition coefficient (Wildman–Crippen LogP) is 6.49. The molecule has 4 aromatic rings. The third-order valence-corrected chi connectivity index (χ3v) is 7.80. The summed E-state index contributed by atoms with van der Waals surface area (Å²) in [5, 5.41) is 7.59. The molecule has 0 spiro atoms. The van der Waals surface area contributed by atoms with Crippen LogP contribution in [0.25, 0.3) is 39.0 Å². The summed E-state index contributed by atoms with van der Waals surface area (Å²) in [4.78, 5) is 16.6. The van der Waals surface area contributed by atoms with Crippen LogP contribution in [-0.2, 0) is 0 Å². The van der Waals surface area contributed by atoms with E-state index in [1.54, 1.807) is 36.2 Å². The van der Waals surface area contributed by atoms with E-state index in [1.807, 2.05) is 12.1 Å². The van der Waals surface area contributed by atoms with Gasteiger partial charge in [-0.15, -0.1) is 0 Å². The number of likely N-dealkylation sites (tertiary alicyclic amines) is 1. The van der Waals surface area contributed by atoms with E-state index in [4.69, 9.17) is 4.98 Å². The Balaban J connectivity index is 1.36. The fourth-order valence-corrected chi connectivity index (χ4v) is 5.72. The minimum Gasteiger partial charge on any atom is -0.370 e. The van der Waals surface area contributed by atoms with Crippen LogP contribution in [0.1, 0.15) is 38.3 Å². The van der Waals surface area contributed by atoms with Crippen LogP contribution in [0.4, 0.5) is 18.9 Å². The van der Waals surface area contributed by atoms with Gasteiger partial charge in [0.2, 0.25) is 0 Å². The number of pyridine rings is 1. The number of nitrogens with zero attached hydrogens (tertiary/aromatic N) is 5. The summed E-state index contributed by atoms with van der Waals surface area (Å²) in [6.07, 6.45) is 10.1. The number of H-pyrrole nitrogens is 2. The van der Waals surface area contributed by atoms with Gasteiger partial charge in [0.25, 0.3) is 5.92 Å². The van der Waals surface area contributed by atoms with Crippen molar-refractivity contribution in [2.45, 2.75) is 38.5 Å². The van der Waals surface area contributed by atoms with Crippen molar-refractivity contribution in [2.24, 2.45) is 0 Å². The molecule has 6 rings (SSSR count). The third kappa shape index (κ3) is 4.92. The average Bonchev–Trinajstić information content (AvgIpc) is 3.68. The summed E-state index contributed by atoms with van der Waals surface area (Å²) in [6, 6.07) is 6.05. The highest BCUT2D eigenvalue weighted by Crippen LogP contribution is 2.34. The van der Waals surface area contributed by atoms with E-state index in [0.717, 1.165) is 42.7 Å². The van der Waals surface area contributed by atoms with Gasteiger partial charge in [-0.3, -0.25) is 15.0 Å². The zero-order valence-electron chi connectivity index (χ0n) is 22.5. The van der Waals surface area contributed by atoms with Crippen LogP contribution in [0.15, 0.2) is 54.8 Å². The number of piperidine rings is 1. The van der Waals surface area contributed by atoms with Crippen LogP contribution < -0.4 is 4.90 Å². The molecule has 0 radical (unpaired) electrons. The van der Waals surface area contributed by atoms with Crippen molar-refractivity contribution in [2.75, 3.05) is 37.6 Å². The number of aromatic amines is 2. The highest BCUT2D eigenvalue weighted by atomic mass is 19.3. The van der Waals surface area contributed by atoms with E-state index in [0.29, 0.717) is 41.3 Å². The second-order valence-electron chi connectivity index (χ2n) is 10.6. The van der Waals surface area contributed by atoms with E-state index in [2.05, 4.69) is 37.7 Å². The number of para-hydroxylation sites is 1. The first-order valence-electron chi connectivity index (χ1n) is 13.7. The second-order valence-corrected chi connectivity index (χ2v) is 10.6. The molecule has 0 saturated carbocycles. The molecule has 0 aliphatic carbocycles. The number of anilines is 1. The topological polar surface area (TPSA) is 76.7 Å². The number of aromatic nitrogens is 5. The molecule has 2 saturated heterocycles. The van der Waals surface area contributed by atoms with Crippen molar-refractivity contribution in [1.82, 2.24) is 30.0 Å². The molecular weight excluding hydrogens is 515 g/mol. The Kier molecular flexibility index (Phi) is 6.95. The molecule has 2 N–H and O–H groups in total. The Morgan fingerprint density at radius 2 is 1.98 bits per heavy atom. The fraction of sp³-hybridized carbons (Fsp3) is 0.367. The third-order valence-electron chi connectivity index (χ3n) is 7.80. The van der Waals surface area contributed by atoms with Crippen LogP contribution in [-0.4, -0.2) is 68.7 Å². The van der Waals surface area contributed by atoms with Crippen LogP contribution in [0.2, 0.25) is 0 Å². The van der Waals surface area contributed by atoms with Gasteiger partial charge in [0.15, 0.2) is 11.6 Å². The monoisotopic (exact) mass is 547 g/mol. The van der Waals surface area contributed by atoms with Crippen LogP contribution >= 0.6 is 0 Å². The number of alkyl halides is 2. The van der Waals surface area contributed by atoms with Crippen molar-refractivity contribution in [3.8, 4) is 11.5 Å². The van der Waals surface area contributed by atoms with E-state index in [-0.39, 0.29) is 24.0 Å². The Morgan fingerprint density at radius 1 is 1.15 bits per heavy atom. The first-order valence-corrected chi connectivity index (χ1v) is 13.7. The smallest absolute Gasteiger partial charge is 0.261 e. The number of nitrogens with one attached hydrogen (secondary N) is 2. The molecule has 0 amide bonds. The van der Waals surface area contributed by atoms with Gasteiger partial charge in [-0.05, 0) is 55.5 Å². The summed E-state index contributed by atoms with van der Waals surface area (Å²) >= 11 is 0. The van der Waals surface area contributed by atoms with Crippen molar-refractivity contribution >= 4 is 33.2 Å². The molecule has 208 valence electrons. The number of rotatable bonds is 7. The Labute approximate surface area is 230 Å². The van der Waals surface area contributed by atoms with E-state index in [1.165, 1.54) is 6.42 Å². The summed E-state index contributed by atoms with van der Waals surface area (Å²) in [5.74, 6) is -2.74. The van der Waals surface area contributed by atoms with Gasteiger partial charge in [-0.25, -0.2) is 18.2 Å². The Bertz CT molecular complexity index is 1630. The first kappa shape index (κ1) is 26.3. The summed E-state index contributed by atoms with van der Waals surface area (Å²) in [7, 11) is 0. The van der Waals surface area contributed by atoms with E-state index in [9.17, 15) is 8.78 Å². The van der Waals surface area contributed by atoms with Gasteiger partial charge >= 0.3 is 0 Å². The van der Waals surface area contributed by atoms with Crippen LogP contribution in [0.3, 0.4) is 0 Å². The van der Waals surface area contributed by atoms with Crippen molar-refractivity contribution in [3.63, 3.8) is 0 Å². The van der Waals surface area contributed by atoms with E-state index >= 15 is 4.39 Å². The summed E-state index contributed by atoms with van der Waals surface area (Å²) in [5.41, 5.74) is 4.99. The van der Waals surface area contributed by atoms with Gasteiger partial charge in [-0.2, -0.15) is 5.10 Å². The number of allylic oxidation sites excluding steroid dienone is 3.